The second kappa shape index (κ2) is 11.9. The number of rotatable bonds is 7. The maximum atomic E-state index is 13.4. The summed E-state index contributed by atoms with van der Waals surface area (Å²) in [5.41, 5.74) is 4.41. The van der Waals surface area contributed by atoms with Gasteiger partial charge in [-0.3, -0.25) is 14.2 Å². The minimum Gasteiger partial charge on any atom is -0.508 e. The van der Waals surface area contributed by atoms with Crippen LogP contribution in [0.15, 0.2) is 60.7 Å². The largest absolute Gasteiger partial charge is 0.508 e. The Labute approximate surface area is 245 Å². The SMILES string of the molecule is CCNC(=O)c1nnc(-c2cc(C(C)C)c(O)cc2O)n1-c1ccc(C(=O)N2CCN(c3cccc(C)c3)CC2)cc1. The molecule has 1 fully saturated rings. The van der Waals surface area contributed by atoms with E-state index in [2.05, 4.69) is 51.6 Å². The molecule has 218 valence electrons. The molecule has 0 saturated carbocycles. The molecule has 1 aliphatic rings. The van der Waals surface area contributed by atoms with Crippen molar-refractivity contribution in [1.82, 2.24) is 25.0 Å². The van der Waals surface area contributed by atoms with E-state index in [1.54, 1.807) is 41.8 Å². The van der Waals surface area contributed by atoms with Gasteiger partial charge in [-0.1, -0.05) is 26.0 Å². The lowest BCUT2D eigenvalue weighted by Crippen LogP contribution is -2.48. The molecule has 1 saturated heterocycles. The summed E-state index contributed by atoms with van der Waals surface area (Å²) >= 11 is 0. The van der Waals surface area contributed by atoms with Crippen LogP contribution in [0, 0.1) is 6.92 Å². The van der Waals surface area contributed by atoms with Crippen LogP contribution in [0.3, 0.4) is 0 Å². The topological polar surface area (TPSA) is 124 Å². The second-order valence-electron chi connectivity index (χ2n) is 10.8. The lowest BCUT2D eigenvalue weighted by molar-refractivity contribution is 0.0746. The molecule has 2 heterocycles. The van der Waals surface area contributed by atoms with E-state index in [9.17, 15) is 19.8 Å². The minimum absolute atomic E-state index is 0.0208. The number of nitrogens with one attached hydrogen (secondary N) is 1. The zero-order valence-electron chi connectivity index (χ0n) is 24.3. The van der Waals surface area contributed by atoms with Gasteiger partial charge in [0.25, 0.3) is 11.8 Å². The van der Waals surface area contributed by atoms with Crippen molar-refractivity contribution in [1.29, 1.82) is 0 Å². The number of aromatic nitrogens is 3. The maximum absolute atomic E-state index is 13.4. The molecule has 2 amide bonds. The Hall–Kier alpha value is -4.86. The highest BCUT2D eigenvalue weighted by molar-refractivity contribution is 5.95. The standard InChI is InChI=1S/C32H36N6O4/c1-5-33-31(41)30-35-34-29(26-18-25(20(2)3)27(39)19-28(26)40)38(30)23-11-9-22(10-12-23)32(42)37-15-13-36(14-16-37)24-8-6-7-21(4)17-24/h6-12,17-20,39-40H,5,13-16H2,1-4H3,(H,33,41). The van der Waals surface area contributed by atoms with Crippen molar-refractivity contribution in [2.24, 2.45) is 0 Å². The van der Waals surface area contributed by atoms with E-state index in [4.69, 9.17) is 0 Å². The molecular formula is C32H36N6O4. The Kier molecular flexibility index (Phi) is 8.15. The van der Waals surface area contributed by atoms with Gasteiger partial charge in [0, 0.05) is 55.7 Å². The summed E-state index contributed by atoms with van der Waals surface area (Å²) in [4.78, 5) is 30.4. The lowest BCUT2D eigenvalue weighted by atomic mass is 9.98. The zero-order valence-corrected chi connectivity index (χ0v) is 24.3. The van der Waals surface area contributed by atoms with Crippen molar-refractivity contribution >= 4 is 17.5 Å². The highest BCUT2D eigenvalue weighted by Gasteiger charge is 2.26. The average molecular weight is 569 g/mol. The summed E-state index contributed by atoms with van der Waals surface area (Å²) in [5.74, 6) is -0.443. The molecule has 10 heteroatoms. The monoisotopic (exact) mass is 568 g/mol. The third-order valence-electron chi connectivity index (χ3n) is 7.52. The number of piperazine rings is 1. The number of nitrogens with zero attached hydrogens (tertiary/aromatic N) is 5. The molecule has 10 nitrogen and oxygen atoms in total. The van der Waals surface area contributed by atoms with E-state index >= 15 is 0 Å². The van der Waals surface area contributed by atoms with Gasteiger partial charge in [-0.2, -0.15) is 0 Å². The average Bonchev–Trinajstić information content (AvgIpc) is 3.42. The number of carbonyl (C=O) groups is 2. The smallest absolute Gasteiger partial charge is 0.289 e. The van der Waals surface area contributed by atoms with E-state index in [-0.39, 0.29) is 35.0 Å². The molecular weight excluding hydrogens is 532 g/mol. The molecule has 0 unspecified atom stereocenters. The number of benzene rings is 3. The molecule has 3 N–H and O–H groups in total. The highest BCUT2D eigenvalue weighted by atomic mass is 16.3. The van der Waals surface area contributed by atoms with Gasteiger partial charge in [-0.05, 0) is 73.4 Å². The molecule has 3 aromatic carbocycles. The third kappa shape index (κ3) is 5.65. The Morgan fingerprint density at radius 1 is 0.905 bits per heavy atom. The molecule has 0 radical (unpaired) electrons. The maximum Gasteiger partial charge on any atom is 0.289 e. The molecule has 0 bridgehead atoms. The summed E-state index contributed by atoms with van der Waals surface area (Å²) < 4.78 is 1.55. The number of aryl methyl sites for hydroxylation is 1. The van der Waals surface area contributed by atoms with Crippen molar-refractivity contribution in [3.05, 3.63) is 83.2 Å². The fraction of sp³-hybridized carbons (Fsp3) is 0.312. The lowest BCUT2D eigenvalue weighted by Gasteiger charge is -2.36. The normalized spacial score (nSPS) is 13.5. The van der Waals surface area contributed by atoms with E-state index < -0.39 is 5.91 Å². The first-order valence-corrected chi connectivity index (χ1v) is 14.2. The number of anilines is 1. The van der Waals surface area contributed by atoms with Crippen molar-refractivity contribution < 1.29 is 19.8 Å². The minimum atomic E-state index is -0.426. The van der Waals surface area contributed by atoms with Crippen LogP contribution >= 0.6 is 0 Å². The highest BCUT2D eigenvalue weighted by Crippen LogP contribution is 2.38. The molecule has 1 aromatic heterocycles. The predicted molar refractivity (Wildman–Crippen MR) is 162 cm³/mol. The number of carbonyl (C=O) groups excluding carboxylic acids is 2. The van der Waals surface area contributed by atoms with E-state index in [1.807, 2.05) is 18.7 Å². The van der Waals surface area contributed by atoms with Crippen molar-refractivity contribution in [2.75, 3.05) is 37.6 Å². The van der Waals surface area contributed by atoms with Crippen molar-refractivity contribution in [3.8, 4) is 28.6 Å². The fourth-order valence-corrected chi connectivity index (χ4v) is 5.25. The number of hydrogen-bond donors (Lipinski definition) is 3. The van der Waals surface area contributed by atoms with Gasteiger partial charge >= 0.3 is 0 Å². The summed E-state index contributed by atoms with van der Waals surface area (Å²) in [7, 11) is 0. The van der Waals surface area contributed by atoms with Crippen LogP contribution in [0.2, 0.25) is 0 Å². The molecule has 5 rings (SSSR count). The predicted octanol–water partition coefficient (Wildman–Crippen LogP) is 4.49. The summed E-state index contributed by atoms with van der Waals surface area (Å²) in [5, 5.41) is 32.2. The van der Waals surface area contributed by atoms with Crippen molar-refractivity contribution in [3.63, 3.8) is 0 Å². The van der Waals surface area contributed by atoms with E-state index in [0.29, 0.717) is 42.0 Å². The van der Waals surface area contributed by atoms with Crippen LogP contribution in [0.5, 0.6) is 11.5 Å². The van der Waals surface area contributed by atoms with Crippen LogP contribution in [0.1, 0.15) is 58.8 Å². The Morgan fingerprint density at radius 3 is 2.26 bits per heavy atom. The number of amides is 2. The van der Waals surface area contributed by atoms with E-state index in [1.165, 1.54) is 17.3 Å². The first-order chi connectivity index (χ1) is 20.2. The molecule has 0 aliphatic carbocycles. The van der Waals surface area contributed by atoms with Gasteiger partial charge in [-0.15, -0.1) is 10.2 Å². The Bertz CT molecular complexity index is 1600. The van der Waals surface area contributed by atoms with Crippen molar-refractivity contribution in [2.45, 2.75) is 33.6 Å². The molecule has 42 heavy (non-hydrogen) atoms. The van der Waals surface area contributed by atoms with Gasteiger partial charge < -0.3 is 25.3 Å². The zero-order chi connectivity index (χ0) is 30.0. The molecule has 1 aliphatic heterocycles. The summed E-state index contributed by atoms with van der Waals surface area (Å²) in [6, 6.07) is 18.3. The van der Waals surface area contributed by atoms with Crippen LogP contribution in [0.4, 0.5) is 5.69 Å². The van der Waals surface area contributed by atoms with Gasteiger partial charge in [0.05, 0.1) is 5.56 Å². The molecule has 4 aromatic rings. The van der Waals surface area contributed by atoms with Crippen LogP contribution in [0.25, 0.3) is 17.1 Å². The van der Waals surface area contributed by atoms with Gasteiger partial charge in [0.2, 0.25) is 5.82 Å². The van der Waals surface area contributed by atoms with Gasteiger partial charge in [0.1, 0.15) is 11.5 Å². The Balaban J connectivity index is 1.43. The second-order valence-corrected chi connectivity index (χ2v) is 10.8. The first-order valence-electron chi connectivity index (χ1n) is 14.2. The third-order valence-corrected chi connectivity index (χ3v) is 7.52. The van der Waals surface area contributed by atoms with E-state index in [0.717, 1.165) is 13.1 Å². The molecule has 0 atom stereocenters. The summed E-state index contributed by atoms with van der Waals surface area (Å²) in [6.07, 6.45) is 0. The quantitative estimate of drug-likeness (QED) is 0.300. The fourth-order valence-electron chi connectivity index (χ4n) is 5.25. The van der Waals surface area contributed by atoms with Gasteiger partial charge in [0.15, 0.2) is 5.82 Å². The van der Waals surface area contributed by atoms with Crippen LogP contribution < -0.4 is 10.2 Å². The number of phenols is 2. The number of aromatic hydroxyl groups is 2. The van der Waals surface area contributed by atoms with Gasteiger partial charge in [-0.25, -0.2) is 0 Å². The first kappa shape index (κ1) is 28.7. The summed E-state index contributed by atoms with van der Waals surface area (Å²) in [6.45, 7) is 10.9. The van der Waals surface area contributed by atoms with Crippen LogP contribution in [-0.2, 0) is 0 Å². The molecule has 0 spiro atoms. The number of phenolic OH excluding ortho intramolecular Hbond substituents is 2. The Morgan fingerprint density at radius 2 is 1.62 bits per heavy atom. The number of hydrogen-bond acceptors (Lipinski definition) is 7. The van der Waals surface area contributed by atoms with Crippen LogP contribution in [-0.4, -0.2) is 74.4 Å².